The van der Waals surface area contributed by atoms with Crippen molar-refractivity contribution in [1.82, 2.24) is 0 Å². The van der Waals surface area contributed by atoms with Crippen molar-refractivity contribution in [3.63, 3.8) is 0 Å². The molecule has 1 unspecified atom stereocenters. The Morgan fingerprint density at radius 3 is 3.08 bits per heavy atom. The van der Waals surface area contributed by atoms with Gasteiger partial charge in [-0.2, -0.15) is 0 Å². The summed E-state index contributed by atoms with van der Waals surface area (Å²) < 4.78 is 5.10. The highest BCUT2D eigenvalue weighted by Crippen LogP contribution is 2.10. The second-order valence-electron chi connectivity index (χ2n) is 3.29. The zero-order valence-corrected chi connectivity index (χ0v) is 7.58. The van der Waals surface area contributed by atoms with Crippen molar-refractivity contribution in [3.8, 4) is 0 Å². The molecule has 0 aromatic heterocycles. The second-order valence-corrected chi connectivity index (χ2v) is 3.29. The molecular weight excluding hydrogens is 152 g/mol. The summed E-state index contributed by atoms with van der Waals surface area (Å²) in [5.41, 5.74) is 0. The van der Waals surface area contributed by atoms with Gasteiger partial charge in [0.05, 0.1) is 6.10 Å². The van der Waals surface area contributed by atoms with Crippen molar-refractivity contribution in [2.24, 2.45) is 0 Å². The van der Waals surface area contributed by atoms with Crippen molar-refractivity contribution in [3.05, 3.63) is 12.2 Å². The van der Waals surface area contributed by atoms with Crippen LogP contribution in [0.25, 0.3) is 0 Å². The van der Waals surface area contributed by atoms with E-state index in [4.69, 9.17) is 4.74 Å². The highest BCUT2D eigenvalue weighted by molar-refractivity contribution is 5.81. The first kappa shape index (κ1) is 9.30. The Bertz CT molecular complexity index is 173. The Labute approximate surface area is 73.6 Å². The SMILES string of the molecule is CC1CCCCC/C=C/C(=O)O1. The maximum Gasteiger partial charge on any atom is 0.330 e. The van der Waals surface area contributed by atoms with Crippen LogP contribution in [0.5, 0.6) is 0 Å². The van der Waals surface area contributed by atoms with E-state index in [2.05, 4.69) is 0 Å². The van der Waals surface area contributed by atoms with Crippen molar-refractivity contribution < 1.29 is 9.53 Å². The van der Waals surface area contributed by atoms with Gasteiger partial charge in [0.15, 0.2) is 0 Å². The van der Waals surface area contributed by atoms with Gasteiger partial charge in [-0.1, -0.05) is 12.5 Å². The average molecular weight is 168 g/mol. The number of cyclic esters (lactones) is 1. The lowest BCUT2D eigenvalue weighted by Gasteiger charge is -2.12. The smallest absolute Gasteiger partial charge is 0.330 e. The first-order valence-electron chi connectivity index (χ1n) is 4.66. The van der Waals surface area contributed by atoms with E-state index in [1.807, 2.05) is 13.0 Å². The average Bonchev–Trinajstić information content (AvgIpc) is 2.02. The molecule has 0 spiro atoms. The molecule has 0 amide bonds. The van der Waals surface area contributed by atoms with E-state index < -0.39 is 0 Å². The maximum atomic E-state index is 11.0. The zero-order chi connectivity index (χ0) is 8.81. The molecule has 0 fully saturated rings. The summed E-state index contributed by atoms with van der Waals surface area (Å²) in [5, 5.41) is 0. The van der Waals surface area contributed by atoms with Crippen LogP contribution in [0.1, 0.15) is 39.0 Å². The molecule has 12 heavy (non-hydrogen) atoms. The van der Waals surface area contributed by atoms with Crippen LogP contribution in [0.2, 0.25) is 0 Å². The highest BCUT2D eigenvalue weighted by atomic mass is 16.5. The standard InChI is InChI=1S/C10H16O2/c1-9-7-5-3-2-4-6-8-10(11)12-9/h6,8-9H,2-5,7H2,1H3/b8-6+. The van der Waals surface area contributed by atoms with Gasteiger partial charge in [-0.05, 0) is 32.6 Å². The Morgan fingerprint density at radius 2 is 2.25 bits per heavy atom. The van der Waals surface area contributed by atoms with Gasteiger partial charge in [-0.3, -0.25) is 0 Å². The first-order valence-corrected chi connectivity index (χ1v) is 4.66. The summed E-state index contributed by atoms with van der Waals surface area (Å²) in [5.74, 6) is -0.190. The number of allylic oxidation sites excluding steroid dienone is 1. The Balaban J connectivity index is 2.43. The maximum absolute atomic E-state index is 11.0. The second kappa shape index (κ2) is 4.96. The van der Waals surface area contributed by atoms with Crippen molar-refractivity contribution in [1.29, 1.82) is 0 Å². The third-order valence-electron chi connectivity index (χ3n) is 2.05. The van der Waals surface area contributed by atoms with E-state index in [1.54, 1.807) is 6.08 Å². The van der Waals surface area contributed by atoms with Crippen LogP contribution in [0.4, 0.5) is 0 Å². The molecule has 0 N–H and O–H groups in total. The molecule has 0 aliphatic carbocycles. The van der Waals surface area contributed by atoms with Crippen LogP contribution >= 0.6 is 0 Å². The van der Waals surface area contributed by atoms with Crippen molar-refractivity contribution in [2.45, 2.75) is 45.1 Å². The van der Waals surface area contributed by atoms with E-state index in [0.29, 0.717) is 0 Å². The van der Waals surface area contributed by atoms with Crippen LogP contribution in [0.15, 0.2) is 12.2 Å². The van der Waals surface area contributed by atoms with Gasteiger partial charge < -0.3 is 4.74 Å². The Morgan fingerprint density at radius 1 is 1.42 bits per heavy atom. The van der Waals surface area contributed by atoms with Crippen molar-refractivity contribution >= 4 is 5.97 Å². The molecule has 0 bridgehead atoms. The molecule has 1 atom stereocenters. The lowest BCUT2D eigenvalue weighted by Crippen LogP contribution is -2.13. The fourth-order valence-electron chi connectivity index (χ4n) is 1.35. The van der Waals surface area contributed by atoms with Gasteiger partial charge in [0.25, 0.3) is 0 Å². The third-order valence-corrected chi connectivity index (χ3v) is 2.05. The summed E-state index contributed by atoms with van der Waals surface area (Å²) in [6, 6.07) is 0. The van der Waals surface area contributed by atoms with Gasteiger partial charge in [0, 0.05) is 6.08 Å². The number of carbonyl (C=O) groups is 1. The van der Waals surface area contributed by atoms with Gasteiger partial charge in [-0.15, -0.1) is 0 Å². The minimum atomic E-state index is -0.190. The number of carbonyl (C=O) groups excluding carboxylic acids is 1. The summed E-state index contributed by atoms with van der Waals surface area (Å²) in [6.45, 7) is 1.95. The molecule has 0 saturated heterocycles. The molecule has 0 aromatic carbocycles. The number of esters is 1. The van der Waals surface area contributed by atoms with Crippen LogP contribution in [-0.4, -0.2) is 12.1 Å². The summed E-state index contributed by atoms with van der Waals surface area (Å²) in [4.78, 5) is 11.0. The third kappa shape index (κ3) is 3.56. The Hall–Kier alpha value is -0.790. The van der Waals surface area contributed by atoms with Crippen LogP contribution < -0.4 is 0 Å². The Kier molecular flexibility index (Phi) is 3.85. The molecule has 0 aromatic rings. The van der Waals surface area contributed by atoms with E-state index in [-0.39, 0.29) is 12.1 Å². The topological polar surface area (TPSA) is 26.3 Å². The predicted molar refractivity (Wildman–Crippen MR) is 47.8 cm³/mol. The summed E-state index contributed by atoms with van der Waals surface area (Å²) in [7, 11) is 0. The van der Waals surface area contributed by atoms with E-state index in [1.165, 1.54) is 19.3 Å². The van der Waals surface area contributed by atoms with E-state index >= 15 is 0 Å². The number of hydrogen-bond donors (Lipinski definition) is 0. The quantitative estimate of drug-likeness (QED) is 0.519. The van der Waals surface area contributed by atoms with E-state index in [0.717, 1.165) is 12.8 Å². The minimum absolute atomic E-state index is 0.0836. The molecule has 2 nitrogen and oxygen atoms in total. The largest absolute Gasteiger partial charge is 0.460 e. The van der Waals surface area contributed by atoms with Crippen LogP contribution in [0, 0.1) is 0 Å². The normalized spacial score (nSPS) is 29.1. The molecule has 0 radical (unpaired) electrons. The van der Waals surface area contributed by atoms with Crippen LogP contribution in [0.3, 0.4) is 0 Å². The molecule has 2 heteroatoms. The molecule has 0 saturated carbocycles. The van der Waals surface area contributed by atoms with Crippen LogP contribution in [-0.2, 0) is 9.53 Å². The molecule has 68 valence electrons. The molecular formula is C10H16O2. The predicted octanol–water partition coefficient (Wildman–Crippen LogP) is 2.44. The molecule has 1 aliphatic rings. The zero-order valence-electron chi connectivity index (χ0n) is 7.58. The number of hydrogen-bond acceptors (Lipinski definition) is 2. The minimum Gasteiger partial charge on any atom is -0.460 e. The number of rotatable bonds is 0. The monoisotopic (exact) mass is 168 g/mol. The lowest BCUT2D eigenvalue weighted by molar-refractivity contribution is -0.142. The summed E-state index contributed by atoms with van der Waals surface area (Å²) >= 11 is 0. The number of ether oxygens (including phenoxy) is 1. The molecule has 1 aliphatic heterocycles. The summed E-state index contributed by atoms with van der Waals surface area (Å²) in [6.07, 6.45) is 9.14. The van der Waals surface area contributed by atoms with Gasteiger partial charge in [0.2, 0.25) is 0 Å². The first-order chi connectivity index (χ1) is 5.79. The molecule has 1 heterocycles. The fraction of sp³-hybridized carbons (Fsp3) is 0.700. The molecule has 1 rings (SSSR count). The van der Waals surface area contributed by atoms with Crippen molar-refractivity contribution in [2.75, 3.05) is 0 Å². The van der Waals surface area contributed by atoms with E-state index in [9.17, 15) is 4.79 Å². The lowest BCUT2D eigenvalue weighted by atomic mass is 10.1. The highest BCUT2D eigenvalue weighted by Gasteiger charge is 2.07. The van der Waals surface area contributed by atoms with Gasteiger partial charge >= 0.3 is 5.97 Å². The van der Waals surface area contributed by atoms with Gasteiger partial charge in [-0.25, -0.2) is 4.79 Å². The fourth-order valence-corrected chi connectivity index (χ4v) is 1.35. The van der Waals surface area contributed by atoms with Gasteiger partial charge in [0.1, 0.15) is 0 Å².